The molecule has 0 aliphatic rings. The van der Waals surface area contributed by atoms with Crippen molar-refractivity contribution in [1.29, 1.82) is 0 Å². The Balaban J connectivity index is 0.00000529. The summed E-state index contributed by atoms with van der Waals surface area (Å²) < 4.78 is 28.0. The summed E-state index contributed by atoms with van der Waals surface area (Å²) in [5.41, 5.74) is 7.78. The van der Waals surface area contributed by atoms with Gasteiger partial charge in [-0.2, -0.15) is 0 Å². The number of rotatable bonds is 8. The number of ether oxygens (including phenoxy) is 1. The summed E-state index contributed by atoms with van der Waals surface area (Å²) in [5, 5.41) is 2.74. The van der Waals surface area contributed by atoms with Crippen LogP contribution in [0.3, 0.4) is 0 Å². The summed E-state index contributed by atoms with van der Waals surface area (Å²) in [6, 6.07) is 4.82. The Kier molecular flexibility index (Phi) is 9.32. The molecular formula is C16H27ClN2O4S. The van der Waals surface area contributed by atoms with Crippen LogP contribution in [0.4, 0.5) is 0 Å². The van der Waals surface area contributed by atoms with Gasteiger partial charge in [-0.3, -0.25) is 4.79 Å². The quantitative estimate of drug-likeness (QED) is 0.711. The van der Waals surface area contributed by atoms with Gasteiger partial charge in [0.1, 0.15) is 22.2 Å². The number of nitrogens with one attached hydrogen (secondary N) is 1. The van der Waals surface area contributed by atoms with Gasteiger partial charge in [0.15, 0.2) is 0 Å². The molecule has 0 aliphatic carbocycles. The number of halogens is 1. The molecule has 2 unspecified atom stereocenters. The number of amides is 1. The molecule has 0 aliphatic heterocycles. The van der Waals surface area contributed by atoms with Crippen molar-refractivity contribution in [1.82, 2.24) is 5.32 Å². The minimum absolute atomic E-state index is 0. The predicted molar refractivity (Wildman–Crippen MR) is 98.6 cm³/mol. The van der Waals surface area contributed by atoms with Crippen LogP contribution in [0.1, 0.15) is 24.5 Å². The topological polar surface area (TPSA) is 98.5 Å². The van der Waals surface area contributed by atoms with Crippen LogP contribution in [0.25, 0.3) is 0 Å². The largest absolute Gasteiger partial charge is 0.491 e. The molecule has 0 saturated carbocycles. The Morgan fingerprint density at radius 3 is 2.33 bits per heavy atom. The molecule has 6 nitrogen and oxygen atoms in total. The molecule has 2 atom stereocenters. The van der Waals surface area contributed by atoms with E-state index in [1.165, 1.54) is 0 Å². The number of hydrogen-bond donors (Lipinski definition) is 2. The summed E-state index contributed by atoms with van der Waals surface area (Å²) in [4.78, 5) is 11.9. The van der Waals surface area contributed by atoms with Crippen molar-refractivity contribution in [2.75, 3.05) is 18.6 Å². The highest BCUT2D eigenvalue weighted by molar-refractivity contribution is 7.90. The van der Waals surface area contributed by atoms with Crippen LogP contribution in [-0.4, -0.2) is 45.0 Å². The second-order valence-electron chi connectivity index (χ2n) is 5.97. The number of hydrogen-bond acceptors (Lipinski definition) is 5. The number of carbonyl (C=O) groups excluding carboxylic acids is 1. The Morgan fingerprint density at radius 1 is 1.29 bits per heavy atom. The van der Waals surface area contributed by atoms with E-state index in [4.69, 9.17) is 10.5 Å². The minimum atomic E-state index is -3.12. The third-order valence-corrected chi connectivity index (χ3v) is 4.39. The van der Waals surface area contributed by atoms with Crippen molar-refractivity contribution in [2.45, 2.75) is 39.3 Å². The fourth-order valence-electron chi connectivity index (χ4n) is 2.10. The molecule has 3 N–H and O–H groups in total. The average molecular weight is 379 g/mol. The zero-order chi connectivity index (χ0) is 17.6. The first-order valence-electron chi connectivity index (χ1n) is 7.53. The van der Waals surface area contributed by atoms with E-state index in [1.807, 2.05) is 39.0 Å². The van der Waals surface area contributed by atoms with Crippen molar-refractivity contribution in [3.05, 3.63) is 29.3 Å². The van der Waals surface area contributed by atoms with Crippen LogP contribution < -0.4 is 15.8 Å². The lowest BCUT2D eigenvalue weighted by Gasteiger charge is -2.19. The van der Waals surface area contributed by atoms with Gasteiger partial charge in [0.25, 0.3) is 0 Å². The van der Waals surface area contributed by atoms with E-state index in [-0.39, 0.29) is 36.5 Å². The Morgan fingerprint density at radius 2 is 1.83 bits per heavy atom. The maximum absolute atomic E-state index is 11.9. The van der Waals surface area contributed by atoms with Crippen molar-refractivity contribution >= 4 is 28.2 Å². The van der Waals surface area contributed by atoms with Crippen LogP contribution in [0.2, 0.25) is 0 Å². The first-order chi connectivity index (χ1) is 10.6. The van der Waals surface area contributed by atoms with Gasteiger partial charge in [-0.1, -0.05) is 18.2 Å². The lowest BCUT2D eigenvalue weighted by Crippen LogP contribution is -2.46. The van der Waals surface area contributed by atoms with Gasteiger partial charge >= 0.3 is 0 Å². The summed E-state index contributed by atoms with van der Waals surface area (Å²) in [6.07, 6.45) is 1.23. The summed E-state index contributed by atoms with van der Waals surface area (Å²) in [5.74, 6) is 0.343. The molecule has 1 aromatic rings. The van der Waals surface area contributed by atoms with Gasteiger partial charge in [-0.05, 0) is 38.3 Å². The normalized spacial score (nSPS) is 13.5. The molecule has 0 bridgehead atoms. The SMILES string of the molecule is Cc1cccc(C)c1OCC(C)NC(=O)C(N)CCS(C)(=O)=O.Cl. The minimum Gasteiger partial charge on any atom is -0.491 e. The number of sulfone groups is 1. The monoisotopic (exact) mass is 378 g/mol. The van der Waals surface area contributed by atoms with Gasteiger partial charge < -0.3 is 15.8 Å². The number of aryl methyl sites for hydroxylation is 2. The van der Waals surface area contributed by atoms with Crippen molar-refractivity contribution in [2.24, 2.45) is 5.73 Å². The number of carbonyl (C=O) groups is 1. The third kappa shape index (κ3) is 7.99. The smallest absolute Gasteiger partial charge is 0.237 e. The van der Waals surface area contributed by atoms with E-state index >= 15 is 0 Å². The number of benzene rings is 1. The standard InChI is InChI=1S/C16H26N2O4S.ClH/c1-11-6-5-7-12(2)15(11)22-10-13(3)18-16(19)14(17)8-9-23(4,20)21;/h5-7,13-14H,8-10,17H2,1-4H3,(H,18,19);1H. The molecule has 0 radical (unpaired) electrons. The zero-order valence-corrected chi connectivity index (χ0v) is 16.2. The highest BCUT2D eigenvalue weighted by Gasteiger charge is 2.18. The molecular weight excluding hydrogens is 352 g/mol. The predicted octanol–water partition coefficient (Wildman–Crippen LogP) is 1.37. The average Bonchev–Trinajstić information content (AvgIpc) is 2.43. The van der Waals surface area contributed by atoms with Crippen molar-refractivity contribution < 1.29 is 17.9 Å². The zero-order valence-electron chi connectivity index (χ0n) is 14.5. The highest BCUT2D eigenvalue weighted by atomic mass is 35.5. The molecule has 24 heavy (non-hydrogen) atoms. The van der Waals surface area contributed by atoms with Gasteiger partial charge in [-0.15, -0.1) is 12.4 Å². The molecule has 1 aromatic carbocycles. The molecule has 1 amide bonds. The summed E-state index contributed by atoms with van der Waals surface area (Å²) in [6.45, 7) is 6.06. The number of nitrogens with two attached hydrogens (primary N) is 1. The molecule has 8 heteroatoms. The van der Waals surface area contributed by atoms with E-state index in [2.05, 4.69) is 5.32 Å². The molecule has 1 rings (SSSR count). The van der Waals surface area contributed by atoms with Crippen LogP contribution in [0, 0.1) is 13.8 Å². The molecule has 0 fully saturated rings. The van der Waals surface area contributed by atoms with E-state index in [1.54, 1.807) is 0 Å². The number of para-hydroxylation sites is 1. The Hall–Kier alpha value is -1.31. The molecule has 0 saturated heterocycles. The van der Waals surface area contributed by atoms with Gasteiger partial charge in [0.2, 0.25) is 5.91 Å². The van der Waals surface area contributed by atoms with Crippen LogP contribution >= 0.6 is 12.4 Å². The van der Waals surface area contributed by atoms with E-state index in [0.29, 0.717) is 6.61 Å². The Labute approximate surface area is 150 Å². The maximum atomic E-state index is 11.9. The van der Waals surface area contributed by atoms with E-state index in [9.17, 15) is 13.2 Å². The molecule has 0 spiro atoms. The summed E-state index contributed by atoms with van der Waals surface area (Å²) in [7, 11) is -3.12. The lowest BCUT2D eigenvalue weighted by molar-refractivity contribution is -0.123. The molecule has 0 aromatic heterocycles. The van der Waals surface area contributed by atoms with Gasteiger partial charge in [-0.25, -0.2) is 8.42 Å². The molecule has 0 heterocycles. The summed E-state index contributed by atoms with van der Waals surface area (Å²) >= 11 is 0. The second kappa shape index (κ2) is 9.86. The van der Waals surface area contributed by atoms with Crippen LogP contribution in [0.5, 0.6) is 5.75 Å². The maximum Gasteiger partial charge on any atom is 0.237 e. The van der Waals surface area contributed by atoms with E-state index < -0.39 is 15.9 Å². The first kappa shape index (κ1) is 22.7. The molecule has 138 valence electrons. The van der Waals surface area contributed by atoms with Gasteiger partial charge in [0.05, 0.1) is 17.8 Å². The van der Waals surface area contributed by atoms with Crippen LogP contribution in [-0.2, 0) is 14.6 Å². The van der Waals surface area contributed by atoms with Crippen molar-refractivity contribution in [3.8, 4) is 5.75 Å². The fraction of sp³-hybridized carbons (Fsp3) is 0.562. The fourth-order valence-corrected chi connectivity index (χ4v) is 2.78. The van der Waals surface area contributed by atoms with E-state index in [0.717, 1.165) is 23.1 Å². The van der Waals surface area contributed by atoms with Crippen LogP contribution in [0.15, 0.2) is 18.2 Å². The Bertz CT molecular complexity index is 629. The van der Waals surface area contributed by atoms with Gasteiger partial charge in [0, 0.05) is 6.26 Å². The lowest BCUT2D eigenvalue weighted by atomic mass is 10.1. The first-order valence-corrected chi connectivity index (χ1v) is 9.59. The second-order valence-corrected chi connectivity index (χ2v) is 8.23. The third-order valence-electron chi connectivity index (χ3n) is 3.41. The van der Waals surface area contributed by atoms with Crippen molar-refractivity contribution in [3.63, 3.8) is 0 Å². The highest BCUT2D eigenvalue weighted by Crippen LogP contribution is 2.22.